The Morgan fingerprint density at radius 1 is 1.18 bits per heavy atom. The summed E-state index contributed by atoms with van der Waals surface area (Å²) in [4.78, 5) is 0.206. The van der Waals surface area contributed by atoms with Gasteiger partial charge in [-0.3, -0.25) is 0 Å². The molecule has 1 N–H and O–H groups in total. The second kappa shape index (κ2) is 6.66. The second-order valence-corrected chi connectivity index (χ2v) is 8.86. The van der Waals surface area contributed by atoms with Crippen LogP contribution in [0.2, 0.25) is 0 Å². The van der Waals surface area contributed by atoms with Crippen LogP contribution in [0.25, 0.3) is 16.9 Å². The third-order valence-corrected chi connectivity index (χ3v) is 6.62. The van der Waals surface area contributed by atoms with Gasteiger partial charge in [-0.05, 0) is 47.3 Å². The van der Waals surface area contributed by atoms with E-state index in [0.29, 0.717) is 24.5 Å². The molecule has 0 spiro atoms. The maximum Gasteiger partial charge on any atom is 0.240 e. The average molecular weight is 413 g/mol. The molecule has 1 aliphatic rings. The number of fused-ring (bicyclic) bond motifs is 2. The summed E-state index contributed by atoms with van der Waals surface area (Å²) in [6, 6.07) is 10.5. The molecule has 4 aromatic rings. The summed E-state index contributed by atoms with van der Waals surface area (Å²) in [5.74, 6) is 1.16. The molecule has 4 heterocycles. The first-order valence-electron chi connectivity index (χ1n) is 8.59. The van der Waals surface area contributed by atoms with Gasteiger partial charge in [0.15, 0.2) is 11.5 Å². The summed E-state index contributed by atoms with van der Waals surface area (Å²) in [5, 5.41) is 16.7. The Kier molecular flexibility index (Phi) is 4.11. The van der Waals surface area contributed by atoms with Crippen molar-refractivity contribution in [2.45, 2.75) is 17.9 Å². The highest BCUT2D eigenvalue weighted by atomic mass is 32.2. The van der Waals surface area contributed by atoms with Gasteiger partial charge in [0.1, 0.15) is 5.75 Å². The van der Waals surface area contributed by atoms with Gasteiger partial charge in [0.2, 0.25) is 10.0 Å². The molecule has 0 radical (unpaired) electrons. The maximum atomic E-state index is 12.7. The van der Waals surface area contributed by atoms with Crippen molar-refractivity contribution in [3.63, 3.8) is 0 Å². The second-order valence-electron chi connectivity index (χ2n) is 6.31. The van der Waals surface area contributed by atoms with E-state index in [1.807, 2.05) is 29.0 Å². The van der Waals surface area contributed by atoms with E-state index in [2.05, 4.69) is 20.0 Å². The Bertz CT molecular complexity index is 1270. The van der Waals surface area contributed by atoms with Crippen LogP contribution < -0.4 is 9.46 Å². The molecule has 0 amide bonds. The molecule has 3 aromatic heterocycles. The summed E-state index contributed by atoms with van der Waals surface area (Å²) >= 11 is 1.58. The number of nitrogens with zero attached hydrogens (tertiary/aromatic N) is 4. The highest BCUT2D eigenvalue weighted by Crippen LogP contribution is 2.27. The van der Waals surface area contributed by atoms with Crippen LogP contribution in [0.15, 0.2) is 52.1 Å². The third-order valence-electron chi connectivity index (χ3n) is 4.54. The Balaban J connectivity index is 1.41. The van der Waals surface area contributed by atoms with Crippen LogP contribution in [0.3, 0.4) is 0 Å². The largest absolute Gasteiger partial charge is 0.493 e. The van der Waals surface area contributed by atoms with E-state index >= 15 is 0 Å². The molecule has 0 saturated carbocycles. The topological polar surface area (TPSA) is 98.5 Å². The van der Waals surface area contributed by atoms with Gasteiger partial charge in [0.05, 0.1) is 23.7 Å². The fourth-order valence-electron chi connectivity index (χ4n) is 3.08. The summed E-state index contributed by atoms with van der Waals surface area (Å²) in [6.07, 6.45) is 0.711. The van der Waals surface area contributed by atoms with Gasteiger partial charge < -0.3 is 4.74 Å². The van der Waals surface area contributed by atoms with E-state index in [1.165, 1.54) is 0 Å². The number of aromatic nitrogens is 4. The van der Waals surface area contributed by atoms with Crippen LogP contribution in [0.5, 0.6) is 5.75 Å². The number of thiophene rings is 1. The van der Waals surface area contributed by atoms with Crippen LogP contribution in [0.1, 0.15) is 11.4 Å². The van der Waals surface area contributed by atoms with Crippen LogP contribution in [0, 0.1) is 0 Å². The lowest BCUT2D eigenvalue weighted by atomic mass is 10.2. The molecule has 1 aromatic carbocycles. The Morgan fingerprint density at radius 3 is 2.96 bits per heavy atom. The van der Waals surface area contributed by atoms with E-state index in [9.17, 15) is 8.42 Å². The van der Waals surface area contributed by atoms with E-state index in [4.69, 9.17) is 4.74 Å². The van der Waals surface area contributed by atoms with Crippen molar-refractivity contribution in [3.8, 4) is 17.0 Å². The predicted molar refractivity (Wildman–Crippen MR) is 104 cm³/mol. The van der Waals surface area contributed by atoms with Crippen molar-refractivity contribution in [2.24, 2.45) is 0 Å². The van der Waals surface area contributed by atoms with Gasteiger partial charge in [-0.25, -0.2) is 13.1 Å². The average Bonchev–Trinajstić information content (AvgIpc) is 3.45. The zero-order valence-corrected chi connectivity index (χ0v) is 16.2. The van der Waals surface area contributed by atoms with Gasteiger partial charge in [-0.15, -0.1) is 10.2 Å². The van der Waals surface area contributed by atoms with Gasteiger partial charge in [0, 0.05) is 17.4 Å². The standard InChI is InChI=1S/C18H15N5O3S2/c24-28(25,14-1-3-16-12(9-14)5-7-26-16)19-10-18-21-20-17-4-2-15(22-23(17)18)13-6-8-27-11-13/h1-4,6,8-9,11,19H,5,7,10H2. The highest BCUT2D eigenvalue weighted by Gasteiger charge is 2.20. The zero-order chi connectivity index (χ0) is 19.1. The molecule has 0 saturated heterocycles. The summed E-state index contributed by atoms with van der Waals surface area (Å²) < 4.78 is 35.0. The molecular formula is C18H15N5O3S2. The molecule has 0 bridgehead atoms. The minimum absolute atomic E-state index is 0.0167. The molecule has 0 unspecified atom stereocenters. The quantitative estimate of drug-likeness (QED) is 0.539. The van der Waals surface area contributed by atoms with Crippen molar-refractivity contribution in [1.82, 2.24) is 24.5 Å². The van der Waals surface area contributed by atoms with Crippen LogP contribution >= 0.6 is 11.3 Å². The molecule has 8 nitrogen and oxygen atoms in total. The number of rotatable bonds is 5. The van der Waals surface area contributed by atoms with Crippen molar-refractivity contribution in [1.29, 1.82) is 0 Å². The number of nitrogens with one attached hydrogen (secondary N) is 1. The van der Waals surface area contributed by atoms with Crippen molar-refractivity contribution in [2.75, 3.05) is 6.61 Å². The predicted octanol–water partition coefficient (Wildman–Crippen LogP) is 2.27. The lowest BCUT2D eigenvalue weighted by Crippen LogP contribution is -2.24. The van der Waals surface area contributed by atoms with Gasteiger partial charge in [-0.1, -0.05) is 0 Å². The Hall–Kier alpha value is -2.82. The normalized spacial score (nSPS) is 13.6. The first-order valence-corrected chi connectivity index (χ1v) is 11.0. The molecule has 28 heavy (non-hydrogen) atoms. The number of benzene rings is 1. The van der Waals surface area contributed by atoms with Crippen molar-refractivity contribution < 1.29 is 13.2 Å². The molecule has 0 atom stereocenters. The Morgan fingerprint density at radius 2 is 2.11 bits per heavy atom. The van der Waals surface area contributed by atoms with Gasteiger partial charge >= 0.3 is 0 Å². The fraction of sp³-hybridized carbons (Fsp3) is 0.167. The number of sulfonamides is 1. The molecule has 5 rings (SSSR count). The maximum absolute atomic E-state index is 12.7. The van der Waals surface area contributed by atoms with Crippen LogP contribution in [-0.2, 0) is 23.0 Å². The molecule has 0 fully saturated rings. The molecule has 10 heteroatoms. The molecule has 1 aliphatic heterocycles. The molecule has 142 valence electrons. The third kappa shape index (κ3) is 3.05. The first kappa shape index (κ1) is 17.3. The fourth-order valence-corrected chi connectivity index (χ4v) is 4.76. The smallest absolute Gasteiger partial charge is 0.240 e. The van der Waals surface area contributed by atoms with E-state index in [-0.39, 0.29) is 11.4 Å². The van der Waals surface area contributed by atoms with Crippen molar-refractivity contribution in [3.05, 3.63) is 58.5 Å². The summed E-state index contributed by atoms with van der Waals surface area (Å²) in [5.41, 5.74) is 3.23. The minimum atomic E-state index is -3.69. The van der Waals surface area contributed by atoms with Crippen LogP contribution in [-0.4, -0.2) is 34.8 Å². The van der Waals surface area contributed by atoms with Crippen LogP contribution in [0.4, 0.5) is 0 Å². The van der Waals surface area contributed by atoms with Gasteiger partial charge in [-0.2, -0.15) is 21.0 Å². The molecular weight excluding hydrogens is 398 g/mol. The summed E-state index contributed by atoms with van der Waals surface area (Å²) in [7, 11) is -3.69. The summed E-state index contributed by atoms with van der Waals surface area (Å²) in [6.45, 7) is 0.563. The van der Waals surface area contributed by atoms with E-state index < -0.39 is 10.0 Å². The number of hydrogen-bond donors (Lipinski definition) is 1. The zero-order valence-electron chi connectivity index (χ0n) is 14.6. The Labute approximate surface area is 164 Å². The van der Waals surface area contributed by atoms with Gasteiger partial charge in [0.25, 0.3) is 0 Å². The SMILES string of the molecule is O=S(=O)(NCc1nnc2ccc(-c3ccsc3)nn12)c1ccc2c(c1)CCO2. The monoisotopic (exact) mass is 413 g/mol. The van der Waals surface area contributed by atoms with E-state index in [0.717, 1.165) is 22.6 Å². The lowest BCUT2D eigenvalue weighted by molar-refractivity contribution is 0.356. The first-order chi connectivity index (χ1) is 13.6. The minimum Gasteiger partial charge on any atom is -0.493 e. The molecule has 0 aliphatic carbocycles. The number of ether oxygens (including phenoxy) is 1. The lowest BCUT2D eigenvalue weighted by Gasteiger charge is -2.07. The van der Waals surface area contributed by atoms with Crippen molar-refractivity contribution >= 4 is 27.0 Å². The number of hydrogen-bond acceptors (Lipinski definition) is 7. The highest BCUT2D eigenvalue weighted by molar-refractivity contribution is 7.89. The van der Waals surface area contributed by atoms with E-state index in [1.54, 1.807) is 34.1 Å².